The van der Waals surface area contributed by atoms with E-state index >= 15 is 0 Å². The van der Waals surface area contributed by atoms with Crippen molar-refractivity contribution in [1.82, 2.24) is 0 Å². The lowest BCUT2D eigenvalue weighted by atomic mass is 9.80. The number of rotatable bonds is 2. The highest BCUT2D eigenvalue weighted by molar-refractivity contribution is 5.52. The summed E-state index contributed by atoms with van der Waals surface area (Å²) in [5, 5.41) is 0. The summed E-state index contributed by atoms with van der Waals surface area (Å²) in [5.41, 5.74) is 4.45. The van der Waals surface area contributed by atoms with Gasteiger partial charge in [0, 0.05) is 19.8 Å². The van der Waals surface area contributed by atoms with Gasteiger partial charge in [-0.15, -0.1) is 0 Å². The van der Waals surface area contributed by atoms with Gasteiger partial charge in [-0.05, 0) is 34.6 Å². The Hall–Kier alpha value is -0.980. The Labute approximate surface area is 100 Å². The predicted octanol–water partition coefficient (Wildman–Crippen LogP) is 4.17. The van der Waals surface area contributed by atoms with E-state index in [2.05, 4.69) is 71.8 Å². The maximum atomic E-state index is 2.32. The van der Waals surface area contributed by atoms with Gasteiger partial charge in [-0.1, -0.05) is 40.7 Å². The summed E-state index contributed by atoms with van der Waals surface area (Å²) in [5.74, 6) is 0.578. The molecule has 0 heterocycles. The van der Waals surface area contributed by atoms with Crippen LogP contribution in [0, 0.1) is 0 Å². The second-order valence-electron chi connectivity index (χ2n) is 6.07. The van der Waals surface area contributed by atoms with Crippen molar-refractivity contribution in [1.29, 1.82) is 0 Å². The van der Waals surface area contributed by atoms with Crippen LogP contribution < -0.4 is 4.90 Å². The molecule has 0 atom stereocenters. The van der Waals surface area contributed by atoms with Crippen LogP contribution in [0.2, 0.25) is 0 Å². The van der Waals surface area contributed by atoms with Gasteiger partial charge in [0.1, 0.15) is 0 Å². The first-order valence-electron chi connectivity index (χ1n) is 6.05. The molecule has 0 aliphatic carbocycles. The van der Waals surface area contributed by atoms with Crippen molar-refractivity contribution in [2.75, 3.05) is 19.0 Å². The topological polar surface area (TPSA) is 3.24 Å². The number of hydrogen-bond donors (Lipinski definition) is 0. The van der Waals surface area contributed by atoms with Gasteiger partial charge < -0.3 is 4.90 Å². The third-order valence-electron chi connectivity index (χ3n) is 2.98. The van der Waals surface area contributed by atoms with Gasteiger partial charge in [0.2, 0.25) is 0 Å². The number of anilines is 1. The Morgan fingerprint density at radius 2 is 1.62 bits per heavy atom. The van der Waals surface area contributed by atoms with Crippen LogP contribution in [-0.2, 0) is 5.41 Å². The zero-order chi connectivity index (χ0) is 12.5. The first kappa shape index (κ1) is 13.1. The molecule has 0 unspecified atom stereocenters. The highest BCUT2D eigenvalue weighted by Crippen LogP contribution is 2.32. The maximum absolute atomic E-state index is 2.32. The van der Waals surface area contributed by atoms with Crippen molar-refractivity contribution in [3.05, 3.63) is 29.3 Å². The molecule has 1 nitrogen and oxygen atoms in total. The van der Waals surface area contributed by atoms with E-state index in [9.17, 15) is 0 Å². The van der Waals surface area contributed by atoms with Gasteiger partial charge in [0.15, 0.2) is 0 Å². The van der Waals surface area contributed by atoms with E-state index in [4.69, 9.17) is 0 Å². The minimum Gasteiger partial charge on any atom is -0.378 e. The Balaban J connectivity index is 3.31. The lowest BCUT2D eigenvalue weighted by molar-refractivity contribution is 0.577. The van der Waals surface area contributed by atoms with E-state index in [1.807, 2.05) is 0 Å². The quantitative estimate of drug-likeness (QED) is 0.721. The molecular weight excluding hydrogens is 194 g/mol. The molecule has 0 fully saturated rings. The molecule has 1 rings (SSSR count). The highest BCUT2D eigenvalue weighted by atomic mass is 15.1. The molecule has 1 aromatic rings. The third-order valence-corrected chi connectivity index (χ3v) is 2.98. The summed E-state index contributed by atoms with van der Waals surface area (Å²) in [6.45, 7) is 11.4. The summed E-state index contributed by atoms with van der Waals surface area (Å²) in [4.78, 5) is 2.16. The summed E-state index contributed by atoms with van der Waals surface area (Å²) in [6, 6.07) is 6.82. The van der Waals surface area contributed by atoms with E-state index in [0.717, 1.165) is 0 Å². The molecule has 0 aromatic heterocycles. The van der Waals surface area contributed by atoms with Crippen molar-refractivity contribution in [3.63, 3.8) is 0 Å². The summed E-state index contributed by atoms with van der Waals surface area (Å²) < 4.78 is 0. The summed E-state index contributed by atoms with van der Waals surface area (Å²) >= 11 is 0. The smallest absolute Gasteiger partial charge is 0.0364 e. The van der Waals surface area contributed by atoms with Gasteiger partial charge >= 0.3 is 0 Å². The highest BCUT2D eigenvalue weighted by Gasteiger charge is 2.19. The average molecular weight is 219 g/mol. The van der Waals surface area contributed by atoms with Crippen LogP contribution in [0.5, 0.6) is 0 Å². The fourth-order valence-corrected chi connectivity index (χ4v) is 1.99. The van der Waals surface area contributed by atoms with Gasteiger partial charge in [-0.25, -0.2) is 0 Å². The molecular formula is C15H25N. The molecule has 0 spiro atoms. The normalized spacial score (nSPS) is 12.0. The largest absolute Gasteiger partial charge is 0.378 e. The van der Waals surface area contributed by atoms with E-state index < -0.39 is 0 Å². The van der Waals surface area contributed by atoms with Gasteiger partial charge in [-0.2, -0.15) is 0 Å². The Bertz CT molecular complexity index is 356. The first-order chi connectivity index (χ1) is 7.23. The predicted molar refractivity (Wildman–Crippen MR) is 73.6 cm³/mol. The van der Waals surface area contributed by atoms with Crippen molar-refractivity contribution in [3.8, 4) is 0 Å². The van der Waals surface area contributed by atoms with Gasteiger partial charge in [0.25, 0.3) is 0 Å². The Kier molecular flexibility index (Phi) is 3.67. The Morgan fingerprint density at radius 1 is 1.06 bits per heavy atom. The lowest BCUT2D eigenvalue weighted by Crippen LogP contribution is -2.16. The summed E-state index contributed by atoms with van der Waals surface area (Å²) in [6.07, 6.45) is 0. The molecule has 16 heavy (non-hydrogen) atoms. The number of nitrogens with zero attached hydrogens (tertiary/aromatic N) is 1. The standard InChI is InChI=1S/C15H25N/c1-11(2)13-10-12(16(6)7)8-9-14(13)15(3,4)5/h8-11H,1-7H3. The van der Waals surface area contributed by atoms with E-state index in [1.165, 1.54) is 16.8 Å². The molecule has 0 N–H and O–H groups in total. The van der Waals surface area contributed by atoms with Crippen molar-refractivity contribution >= 4 is 5.69 Å². The van der Waals surface area contributed by atoms with Crippen LogP contribution in [0.15, 0.2) is 18.2 Å². The molecule has 0 amide bonds. The molecule has 1 aromatic carbocycles. The van der Waals surface area contributed by atoms with Crippen LogP contribution in [-0.4, -0.2) is 14.1 Å². The fourth-order valence-electron chi connectivity index (χ4n) is 1.99. The minimum absolute atomic E-state index is 0.227. The molecule has 0 aliphatic heterocycles. The zero-order valence-corrected chi connectivity index (χ0v) is 11.8. The third kappa shape index (κ3) is 2.78. The lowest BCUT2D eigenvalue weighted by Gasteiger charge is -2.26. The van der Waals surface area contributed by atoms with Crippen LogP contribution >= 0.6 is 0 Å². The summed E-state index contributed by atoms with van der Waals surface area (Å²) in [7, 11) is 4.19. The second-order valence-corrected chi connectivity index (χ2v) is 6.07. The van der Waals surface area contributed by atoms with Crippen LogP contribution in [0.4, 0.5) is 5.69 Å². The van der Waals surface area contributed by atoms with E-state index in [1.54, 1.807) is 0 Å². The monoisotopic (exact) mass is 219 g/mol. The molecule has 0 saturated heterocycles. The molecule has 0 aliphatic rings. The average Bonchev–Trinajstić information content (AvgIpc) is 2.15. The Morgan fingerprint density at radius 3 is 2.00 bits per heavy atom. The van der Waals surface area contributed by atoms with E-state index in [0.29, 0.717) is 5.92 Å². The number of benzene rings is 1. The molecule has 1 heteroatoms. The molecule has 0 radical (unpaired) electrons. The van der Waals surface area contributed by atoms with E-state index in [-0.39, 0.29) is 5.41 Å². The van der Waals surface area contributed by atoms with Crippen LogP contribution in [0.25, 0.3) is 0 Å². The molecule has 90 valence electrons. The SMILES string of the molecule is CC(C)c1cc(N(C)C)ccc1C(C)(C)C. The minimum atomic E-state index is 0.227. The van der Waals surface area contributed by atoms with Crippen LogP contribution in [0.3, 0.4) is 0 Å². The van der Waals surface area contributed by atoms with Crippen molar-refractivity contribution < 1.29 is 0 Å². The first-order valence-corrected chi connectivity index (χ1v) is 6.05. The second kappa shape index (κ2) is 4.48. The zero-order valence-electron chi connectivity index (χ0n) is 11.8. The molecule has 0 saturated carbocycles. The number of hydrogen-bond acceptors (Lipinski definition) is 1. The van der Waals surface area contributed by atoms with Crippen molar-refractivity contribution in [2.45, 2.75) is 46.0 Å². The molecule has 0 bridgehead atoms. The maximum Gasteiger partial charge on any atom is 0.0364 e. The van der Waals surface area contributed by atoms with Crippen LogP contribution in [0.1, 0.15) is 51.7 Å². The van der Waals surface area contributed by atoms with Gasteiger partial charge in [-0.3, -0.25) is 0 Å². The van der Waals surface area contributed by atoms with Crippen molar-refractivity contribution in [2.24, 2.45) is 0 Å². The van der Waals surface area contributed by atoms with Gasteiger partial charge in [0.05, 0.1) is 0 Å². The fraction of sp³-hybridized carbons (Fsp3) is 0.600.